The van der Waals surface area contributed by atoms with Gasteiger partial charge in [0.1, 0.15) is 18.2 Å². The van der Waals surface area contributed by atoms with Gasteiger partial charge < -0.3 is 24.8 Å². The minimum absolute atomic E-state index is 0.0121. The van der Waals surface area contributed by atoms with E-state index in [1.165, 1.54) is 24.2 Å². The molecule has 0 radical (unpaired) electrons. The van der Waals surface area contributed by atoms with Crippen LogP contribution in [0.15, 0.2) is 35.1 Å². The van der Waals surface area contributed by atoms with Gasteiger partial charge in [-0.15, -0.1) is 0 Å². The number of nitrogens with zero attached hydrogens (tertiary/aromatic N) is 3. The van der Waals surface area contributed by atoms with E-state index >= 15 is 0 Å². The molecule has 154 valence electrons. The minimum atomic E-state index is -0.518. The lowest BCUT2D eigenvalue weighted by molar-refractivity contribution is -0.119. The number of cyclic esters (lactones) is 1. The Morgan fingerprint density at radius 3 is 2.93 bits per heavy atom. The highest BCUT2D eigenvalue weighted by atomic mass is 19.1. The van der Waals surface area contributed by atoms with Crippen molar-refractivity contribution in [1.29, 1.82) is 0 Å². The van der Waals surface area contributed by atoms with E-state index in [2.05, 4.69) is 15.8 Å². The van der Waals surface area contributed by atoms with Gasteiger partial charge in [0.05, 0.1) is 24.5 Å². The number of benzene rings is 1. The topological polar surface area (TPSA) is 99.9 Å². The van der Waals surface area contributed by atoms with Crippen molar-refractivity contribution in [3.05, 3.63) is 36.3 Å². The predicted molar refractivity (Wildman–Crippen MR) is 103 cm³/mol. The number of rotatable bonds is 6. The maximum Gasteiger partial charge on any atom is 0.414 e. The molecule has 2 saturated heterocycles. The van der Waals surface area contributed by atoms with Crippen molar-refractivity contribution in [1.82, 2.24) is 10.5 Å². The maximum absolute atomic E-state index is 14.8. The highest BCUT2D eigenvalue weighted by molar-refractivity contribution is 5.90. The second kappa shape index (κ2) is 7.98. The van der Waals surface area contributed by atoms with Crippen LogP contribution < -0.4 is 20.4 Å². The summed E-state index contributed by atoms with van der Waals surface area (Å²) in [4.78, 5) is 26.7. The largest absolute Gasteiger partial charge is 0.442 e. The van der Waals surface area contributed by atoms with Crippen LogP contribution in [-0.4, -0.2) is 55.5 Å². The van der Waals surface area contributed by atoms with Crippen LogP contribution >= 0.6 is 0 Å². The van der Waals surface area contributed by atoms with Gasteiger partial charge in [-0.2, -0.15) is 0 Å². The monoisotopic (exact) mass is 403 g/mol. The zero-order chi connectivity index (χ0) is 20.4. The first-order valence-electron chi connectivity index (χ1n) is 9.43. The molecule has 0 bridgehead atoms. The minimum Gasteiger partial charge on any atom is -0.442 e. The fraction of sp³-hybridized carbons (Fsp3) is 0.421. The summed E-state index contributed by atoms with van der Waals surface area (Å²) in [6.07, 6.45) is 1.30. The lowest BCUT2D eigenvalue weighted by Gasteiger charge is -2.21. The fourth-order valence-electron chi connectivity index (χ4n) is 3.67. The van der Waals surface area contributed by atoms with Gasteiger partial charge in [0, 0.05) is 32.1 Å². The SMILES string of the molecule is CC(=O)NC1CCN(c2ccc(N3CC(CNc4ccon4)OC3=O)cc2F)C1. The van der Waals surface area contributed by atoms with Crippen LogP contribution in [0.1, 0.15) is 13.3 Å². The molecular formula is C19H22FN5O4. The Hall–Kier alpha value is -3.30. The molecule has 0 saturated carbocycles. The first-order valence-corrected chi connectivity index (χ1v) is 9.43. The first kappa shape index (κ1) is 19.0. The smallest absolute Gasteiger partial charge is 0.414 e. The van der Waals surface area contributed by atoms with Gasteiger partial charge in [0.2, 0.25) is 5.91 Å². The molecule has 0 spiro atoms. The lowest BCUT2D eigenvalue weighted by Crippen LogP contribution is -2.35. The summed E-state index contributed by atoms with van der Waals surface area (Å²) in [5.74, 6) is 0.0498. The summed E-state index contributed by atoms with van der Waals surface area (Å²) in [6, 6.07) is 6.39. The Morgan fingerprint density at radius 1 is 1.34 bits per heavy atom. The normalized spacial score (nSPS) is 21.4. The summed E-state index contributed by atoms with van der Waals surface area (Å²) in [7, 11) is 0. The zero-order valence-corrected chi connectivity index (χ0v) is 15.9. The molecule has 9 nitrogen and oxygen atoms in total. The molecule has 2 amide bonds. The second-order valence-corrected chi connectivity index (χ2v) is 7.15. The second-order valence-electron chi connectivity index (χ2n) is 7.15. The van der Waals surface area contributed by atoms with Gasteiger partial charge in [0.15, 0.2) is 5.82 Å². The number of amides is 2. The van der Waals surface area contributed by atoms with Crippen molar-refractivity contribution in [3.8, 4) is 0 Å². The van der Waals surface area contributed by atoms with E-state index < -0.39 is 11.9 Å². The summed E-state index contributed by atoms with van der Waals surface area (Å²) in [5, 5.41) is 9.61. The highest BCUT2D eigenvalue weighted by Crippen LogP contribution is 2.29. The quantitative estimate of drug-likeness (QED) is 0.761. The van der Waals surface area contributed by atoms with E-state index in [0.29, 0.717) is 43.4 Å². The molecule has 29 heavy (non-hydrogen) atoms. The summed E-state index contributed by atoms with van der Waals surface area (Å²) in [6.45, 7) is 3.35. The fourth-order valence-corrected chi connectivity index (χ4v) is 3.67. The Morgan fingerprint density at radius 2 is 2.21 bits per heavy atom. The summed E-state index contributed by atoms with van der Waals surface area (Å²) >= 11 is 0. The van der Waals surface area contributed by atoms with Gasteiger partial charge in [0.25, 0.3) is 0 Å². The molecule has 2 aliphatic heterocycles. The van der Waals surface area contributed by atoms with Crippen LogP contribution in [0.2, 0.25) is 0 Å². The molecule has 2 aliphatic rings. The van der Waals surface area contributed by atoms with Gasteiger partial charge in [-0.25, -0.2) is 9.18 Å². The number of anilines is 3. The van der Waals surface area contributed by atoms with Crippen LogP contribution in [-0.2, 0) is 9.53 Å². The number of aromatic nitrogens is 1. The standard InChI is InChI=1S/C19H22FN5O4/c1-12(26)22-13-4-6-24(10-13)17-3-2-14(8-16(17)20)25-11-15(29-19(25)27)9-21-18-5-7-28-23-18/h2-3,5,7-8,13,15H,4,6,9-11H2,1H3,(H,21,23)(H,22,26). The summed E-state index contributed by atoms with van der Waals surface area (Å²) < 4.78 is 24.8. The van der Waals surface area contributed by atoms with E-state index in [1.54, 1.807) is 18.2 Å². The van der Waals surface area contributed by atoms with Crippen molar-refractivity contribution in [2.24, 2.45) is 0 Å². The Labute approximate surface area is 166 Å². The van der Waals surface area contributed by atoms with Gasteiger partial charge in [-0.1, -0.05) is 5.16 Å². The van der Waals surface area contributed by atoms with Crippen molar-refractivity contribution >= 4 is 29.2 Å². The Kier molecular flexibility index (Phi) is 5.24. The molecule has 2 fully saturated rings. The van der Waals surface area contributed by atoms with Crippen LogP contribution in [0.3, 0.4) is 0 Å². The number of hydrogen-bond acceptors (Lipinski definition) is 7. The van der Waals surface area contributed by atoms with Crippen molar-refractivity contribution in [3.63, 3.8) is 0 Å². The van der Waals surface area contributed by atoms with Crippen LogP contribution in [0.25, 0.3) is 0 Å². The number of halogens is 1. The van der Waals surface area contributed by atoms with Crippen molar-refractivity contribution in [2.75, 3.05) is 41.3 Å². The number of ether oxygens (including phenoxy) is 1. The number of carbonyl (C=O) groups excluding carboxylic acids is 2. The highest BCUT2D eigenvalue weighted by Gasteiger charge is 2.33. The van der Waals surface area contributed by atoms with Crippen LogP contribution in [0.4, 0.5) is 26.4 Å². The van der Waals surface area contributed by atoms with Gasteiger partial charge in [-0.05, 0) is 24.6 Å². The zero-order valence-electron chi connectivity index (χ0n) is 15.9. The first-order chi connectivity index (χ1) is 14.0. The lowest BCUT2D eigenvalue weighted by atomic mass is 10.2. The molecule has 4 rings (SSSR count). The number of carbonyl (C=O) groups is 2. The molecule has 10 heteroatoms. The number of nitrogens with one attached hydrogen (secondary N) is 2. The average molecular weight is 403 g/mol. The van der Waals surface area contributed by atoms with Crippen LogP contribution in [0.5, 0.6) is 0 Å². The van der Waals surface area contributed by atoms with E-state index in [-0.39, 0.29) is 18.1 Å². The van der Waals surface area contributed by atoms with Gasteiger partial charge in [-0.3, -0.25) is 9.69 Å². The maximum atomic E-state index is 14.8. The predicted octanol–water partition coefficient (Wildman–Crippen LogP) is 1.97. The Bertz CT molecular complexity index is 891. The summed E-state index contributed by atoms with van der Waals surface area (Å²) in [5.41, 5.74) is 0.899. The third-order valence-corrected chi connectivity index (χ3v) is 5.00. The van der Waals surface area contributed by atoms with E-state index in [0.717, 1.165) is 6.42 Å². The Balaban J connectivity index is 1.38. The molecular weight excluding hydrogens is 381 g/mol. The van der Waals surface area contributed by atoms with Crippen molar-refractivity contribution < 1.29 is 23.2 Å². The van der Waals surface area contributed by atoms with E-state index in [4.69, 9.17) is 9.26 Å². The van der Waals surface area contributed by atoms with E-state index in [9.17, 15) is 14.0 Å². The molecule has 1 aromatic carbocycles. The molecule has 0 aliphatic carbocycles. The molecule has 2 aromatic rings. The van der Waals surface area contributed by atoms with E-state index in [1.807, 2.05) is 4.90 Å². The molecule has 2 N–H and O–H groups in total. The number of hydrogen-bond donors (Lipinski definition) is 2. The molecule has 2 atom stereocenters. The average Bonchev–Trinajstić information content (AvgIpc) is 3.41. The molecule has 2 unspecified atom stereocenters. The van der Waals surface area contributed by atoms with Gasteiger partial charge >= 0.3 is 6.09 Å². The molecule has 1 aromatic heterocycles. The van der Waals surface area contributed by atoms with Crippen LogP contribution in [0, 0.1) is 5.82 Å². The third-order valence-electron chi connectivity index (χ3n) is 5.00. The third kappa shape index (κ3) is 4.25. The van der Waals surface area contributed by atoms with Crippen molar-refractivity contribution in [2.45, 2.75) is 25.5 Å². The molecule has 3 heterocycles.